The average molecular weight is 267 g/mol. The third kappa shape index (κ3) is 4.73. The van der Waals surface area contributed by atoms with Crippen molar-refractivity contribution in [2.24, 2.45) is 5.92 Å². The van der Waals surface area contributed by atoms with E-state index in [1.165, 1.54) is 77.9 Å². The van der Waals surface area contributed by atoms with Crippen LogP contribution in [0.4, 0.5) is 0 Å². The van der Waals surface area contributed by atoms with Crippen LogP contribution in [0, 0.1) is 5.92 Å². The second-order valence-electron chi connectivity index (χ2n) is 6.35. The van der Waals surface area contributed by atoms with Gasteiger partial charge in [-0.15, -0.1) is 0 Å². The van der Waals surface area contributed by atoms with Crippen molar-refractivity contribution in [3.63, 3.8) is 0 Å². The van der Waals surface area contributed by atoms with Crippen LogP contribution in [-0.4, -0.2) is 61.7 Å². The molecule has 0 unspecified atom stereocenters. The molecule has 3 heteroatoms. The fraction of sp³-hybridized carbons (Fsp3) is 1.00. The van der Waals surface area contributed by atoms with Gasteiger partial charge in [0, 0.05) is 12.6 Å². The second kappa shape index (κ2) is 8.23. The molecule has 0 aromatic heterocycles. The zero-order valence-electron chi connectivity index (χ0n) is 13.0. The van der Waals surface area contributed by atoms with E-state index in [-0.39, 0.29) is 0 Å². The van der Waals surface area contributed by atoms with Crippen molar-refractivity contribution in [2.75, 3.05) is 45.8 Å². The number of nitrogens with zero attached hydrogens (tertiary/aromatic N) is 2. The summed E-state index contributed by atoms with van der Waals surface area (Å²) in [6, 6.07) is 0.855. The molecule has 0 atom stereocenters. The summed E-state index contributed by atoms with van der Waals surface area (Å²) < 4.78 is 0. The normalized spacial score (nSPS) is 24.2. The SMILES string of the molecule is CCCN1CCC(N(CC)CC2CCNCC2)CC1. The molecule has 0 bridgehead atoms. The molecule has 19 heavy (non-hydrogen) atoms. The molecule has 2 heterocycles. The standard InChI is InChI=1S/C16H33N3/c1-3-11-18-12-7-16(8-13-18)19(4-2)14-15-5-9-17-10-6-15/h15-17H,3-14H2,1-2H3. The molecule has 3 nitrogen and oxygen atoms in total. The summed E-state index contributed by atoms with van der Waals surface area (Å²) in [5.74, 6) is 0.940. The Balaban J connectivity index is 1.75. The van der Waals surface area contributed by atoms with Crippen LogP contribution < -0.4 is 5.32 Å². The summed E-state index contributed by atoms with van der Waals surface area (Å²) in [7, 11) is 0. The number of hydrogen-bond donors (Lipinski definition) is 1. The number of likely N-dealkylation sites (tertiary alicyclic amines) is 1. The van der Waals surface area contributed by atoms with Gasteiger partial charge in [0.15, 0.2) is 0 Å². The molecular formula is C16H33N3. The van der Waals surface area contributed by atoms with Crippen LogP contribution >= 0.6 is 0 Å². The Kier molecular flexibility index (Phi) is 6.62. The van der Waals surface area contributed by atoms with E-state index in [2.05, 4.69) is 29.0 Å². The second-order valence-corrected chi connectivity index (χ2v) is 6.35. The lowest BCUT2D eigenvalue weighted by molar-refractivity contribution is 0.0932. The topological polar surface area (TPSA) is 18.5 Å². The van der Waals surface area contributed by atoms with E-state index in [1.807, 2.05) is 0 Å². The number of piperidine rings is 2. The predicted molar refractivity (Wildman–Crippen MR) is 82.6 cm³/mol. The summed E-state index contributed by atoms with van der Waals surface area (Å²) in [4.78, 5) is 5.42. The van der Waals surface area contributed by atoms with E-state index in [4.69, 9.17) is 0 Å². The van der Waals surface area contributed by atoms with Gasteiger partial charge in [0.05, 0.1) is 0 Å². The van der Waals surface area contributed by atoms with E-state index in [1.54, 1.807) is 0 Å². The molecule has 0 aromatic carbocycles. The van der Waals surface area contributed by atoms with Gasteiger partial charge >= 0.3 is 0 Å². The molecule has 0 radical (unpaired) electrons. The largest absolute Gasteiger partial charge is 0.317 e. The summed E-state index contributed by atoms with van der Waals surface area (Å²) >= 11 is 0. The van der Waals surface area contributed by atoms with E-state index < -0.39 is 0 Å². The number of nitrogens with one attached hydrogen (secondary N) is 1. The highest BCUT2D eigenvalue weighted by Gasteiger charge is 2.25. The third-order valence-electron chi connectivity index (χ3n) is 4.97. The van der Waals surface area contributed by atoms with Gasteiger partial charge in [0.1, 0.15) is 0 Å². The molecule has 0 spiro atoms. The zero-order valence-corrected chi connectivity index (χ0v) is 13.0. The molecule has 0 amide bonds. The molecule has 112 valence electrons. The Hall–Kier alpha value is -0.120. The van der Waals surface area contributed by atoms with Gasteiger partial charge in [-0.1, -0.05) is 13.8 Å². The van der Waals surface area contributed by atoms with Crippen LogP contribution in [0.15, 0.2) is 0 Å². The lowest BCUT2D eigenvalue weighted by Crippen LogP contribution is -2.47. The Labute approximate surface area is 119 Å². The minimum absolute atomic E-state index is 0.855. The molecule has 2 rings (SSSR count). The minimum atomic E-state index is 0.855. The van der Waals surface area contributed by atoms with Crippen molar-refractivity contribution >= 4 is 0 Å². The lowest BCUT2D eigenvalue weighted by Gasteiger charge is -2.40. The Bertz CT molecular complexity index is 230. The first-order valence-corrected chi connectivity index (χ1v) is 8.50. The zero-order chi connectivity index (χ0) is 13.5. The molecule has 2 saturated heterocycles. The first-order chi connectivity index (χ1) is 9.33. The molecule has 2 fully saturated rings. The van der Waals surface area contributed by atoms with Crippen LogP contribution in [0.25, 0.3) is 0 Å². The van der Waals surface area contributed by atoms with Gasteiger partial charge in [-0.3, -0.25) is 0 Å². The fourth-order valence-electron chi connectivity index (χ4n) is 3.76. The molecule has 0 saturated carbocycles. The number of rotatable bonds is 6. The van der Waals surface area contributed by atoms with Gasteiger partial charge in [-0.25, -0.2) is 0 Å². The van der Waals surface area contributed by atoms with Crippen molar-refractivity contribution in [2.45, 2.75) is 52.0 Å². The number of hydrogen-bond acceptors (Lipinski definition) is 3. The van der Waals surface area contributed by atoms with Gasteiger partial charge in [0.25, 0.3) is 0 Å². The summed E-state index contributed by atoms with van der Waals surface area (Å²) in [6.07, 6.45) is 6.84. The van der Waals surface area contributed by atoms with Crippen LogP contribution in [0.5, 0.6) is 0 Å². The van der Waals surface area contributed by atoms with Crippen molar-refractivity contribution in [1.82, 2.24) is 15.1 Å². The highest BCUT2D eigenvalue weighted by atomic mass is 15.2. The predicted octanol–water partition coefficient (Wildman–Crippen LogP) is 2.18. The quantitative estimate of drug-likeness (QED) is 0.796. The van der Waals surface area contributed by atoms with E-state index >= 15 is 0 Å². The third-order valence-corrected chi connectivity index (χ3v) is 4.97. The van der Waals surface area contributed by atoms with Crippen molar-refractivity contribution in [3.8, 4) is 0 Å². The van der Waals surface area contributed by atoms with Gasteiger partial charge in [-0.2, -0.15) is 0 Å². The maximum atomic E-state index is 3.48. The Morgan fingerprint density at radius 2 is 1.74 bits per heavy atom. The molecule has 2 aliphatic rings. The summed E-state index contributed by atoms with van der Waals surface area (Å²) in [5, 5.41) is 3.48. The monoisotopic (exact) mass is 267 g/mol. The van der Waals surface area contributed by atoms with E-state index in [9.17, 15) is 0 Å². The first kappa shape index (κ1) is 15.3. The molecule has 1 N–H and O–H groups in total. The van der Waals surface area contributed by atoms with Crippen LogP contribution in [-0.2, 0) is 0 Å². The van der Waals surface area contributed by atoms with Gasteiger partial charge < -0.3 is 15.1 Å². The van der Waals surface area contributed by atoms with Gasteiger partial charge in [0.2, 0.25) is 0 Å². The Morgan fingerprint density at radius 1 is 1.05 bits per heavy atom. The molecular weight excluding hydrogens is 234 g/mol. The van der Waals surface area contributed by atoms with E-state index in [0.717, 1.165) is 12.0 Å². The maximum absolute atomic E-state index is 3.48. The molecule has 2 aliphatic heterocycles. The maximum Gasteiger partial charge on any atom is 0.0120 e. The van der Waals surface area contributed by atoms with Crippen molar-refractivity contribution < 1.29 is 0 Å². The highest BCUT2D eigenvalue weighted by Crippen LogP contribution is 2.20. The van der Waals surface area contributed by atoms with Crippen LogP contribution in [0.1, 0.15) is 46.0 Å². The van der Waals surface area contributed by atoms with E-state index in [0.29, 0.717) is 0 Å². The fourth-order valence-corrected chi connectivity index (χ4v) is 3.76. The lowest BCUT2D eigenvalue weighted by atomic mass is 9.95. The summed E-state index contributed by atoms with van der Waals surface area (Å²) in [5.41, 5.74) is 0. The Morgan fingerprint density at radius 3 is 2.32 bits per heavy atom. The highest BCUT2D eigenvalue weighted by molar-refractivity contribution is 4.81. The molecule has 0 aliphatic carbocycles. The van der Waals surface area contributed by atoms with Crippen LogP contribution in [0.3, 0.4) is 0 Å². The summed E-state index contributed by atoms with van der Waals surface area (Å²) in [6.45, 7) is 13.6. The van der Waals surface area contributed by atoms with Gasteiger partial charge in [-0.05, 0) is 77.3 Å². The van der Waals surface area contributed by atoms with Crippen molar-refractivity contribution in [3.05, 3.63) is 0 Å². The van der Waals surface area contributed by atoms with Crippen molar-refractivity contribution in [1.29, 1.82) is 0 Å². The molecule has 0 aromatic rings. The average Bonchev–Trinajstić information content (AvgIpc) is 2.47. The van der Waals surface area contributed by atoms with Crippen LogP contribution in [0.2, 0.25) is 0 Å². The minimum Gasteiger partial charge on any atom is -0.317 e. The first-order valence-electron chi connectivity index (χ1n) is 8.50. The smallest absolute Gasteiger partial charge is 0.0120 e.